The molecule has 0 aliphatic carbocycles. The Kier molecular flexibility index (Phi) is 7.50. The molecule has 0 radical (unpaired) electrons. The van der Waals surface area contributed by atoms with E-state index in [2.05, 4.69) is 17.2 Å². The number of carbonyl (C=O) groups excluding carboxylic acids is 1. The molecule has 1 aromatic heterocycles. The third kappa shape index (κ3) is 6.92. The summed E-state index contributed by atoms with van der Waals surface area (Å²) in [6.45, 7) is 4.56. The molecule has 1 aromatic rings. The number of aromatic nitrogens is 2. The number of nitrogens with one attached hydrogen (secondary N) is 1. The fourth-order valence-corrected chi connectivity index (χ4v) is 2.22. The van der Waals surface area contributed by atoms with Crippen LogP contribution in [0.25, 0.3) is 0 Å². The van der Waals surface area contributed by atoms with Crippen molar-refractivity contribution in [3.63, 3.8) is 0 Å². The van der Waals surface area contributed by atoms with Gasteiger partial charge in [-0.3, -0.25) is 9.59 Å². The number of nitrogens with zero attached hydrogens (tertiary/aromatic N) is 2. The summed E-state index contributed by atoms with van der Waals surface area (Å²) in [5.74, 6) is -0.622. The number of amides is 1. The largest absolute Gasteiger partial charge is 0.481 e. The lowest BCUT2D eigenvalue weighted by Crippen LogP contribution is -2.30. The van der Waals surface area contributed by atoms with Crippen LogP contribution in [-0.4, -0.2) is 33.1 Å². The van der Waals surface area contributed by atoms with Crippen molar-refractivity contribution in [1.29, 1.82) is 0 Å². The summed E-state index contributed by atoms with van der Waals surface area (Å²) in [6.07, 6.45) is 8.42. The fraction of sp³-hybridized carbons (Fsp3) is 0.667. The molecule has 1 amide bonds. The molecule has 6 nitrogen and oxygen atoms in total. The van der Waals surface area contributed by atoms with Crippen molar-refractivity contribution >= 4 is 11.9 Å². The van der Waals surface area contributed by atoms with Crippen LogP contribution in [0, 0.1) is 5.92 Å². The second kappa shape index (κ2) is 9.15. The van der Waals surface area contributed by atoms with Crippen molar-refractivity contribution in [2.75, 3.05) is 6.54 Å². The minimum atomic E-state index is -0.795. The van der Waals surface area contributed by atoms with Crippen molar-refractivity contribution in [1.82, 2.24) is 14.9 Å². The summed E-state index contributed by atoms with van der Waals surface area (Å²) in [5.41, 5.74) is 0. The predicted octanol–water partition coefficient (Wildman–Crippen LogP) is 2.23. The Morgan fingerprint density at radius 2 is 2.14 bits per heavy atom. The van der Waals surface area contributed by atoms with Crippen LogP contribution in [0.2, 0.25) is 0 Å². The van der Waals surface area contributed by atoms with Gasteiger partial charge in [0.15, 0.2) is 0 Å². The predicted molar refractivity (Wildman–Crippen MR) is 79.8 cm³/mol. The molecule has 2 unspecified atom stereocenters. The van der Waals surface area contributed by atoms with E-state index in [0.717, 1.165) is 12.8 Å². The lowest BCUT2D eigenvalue weighted by molar-refractivity contribution is -0.137. The molecule has 0 fully saturated rings. The maximum atomic E-state index is 12.0. The van der Waals surface area contributed by atoms with Gasteiger partial charge in [-0.05, 0) is 18.8 Å². The molecule has 2 N–H and O–H groups in total. The molecule has 1 heterocycles. The number of hydrogen-bond donors (Lipinski definition) is 2. The summed E-state index contributed by atoms with van der Waals surface area (Å²) >= 11 is 0. The summed E-state index contributed by atoms with van der Waals surface area (Å²) in [5, 5.41) is 11.5. The number of hydrogen-bond acceptors (Lipinski definition) is 3. The van der Waals surface area contributed by atoms with Gasteiger partial charge in [0.05, 0.1) is 6.33 Å². The molecular formula is C15H25N3O3. The van der Waals surface area contributed by atoms with Crippen molar-refractivity contribution < 1.29 is 14.7 Å². The van der Waals surface area contributed by atoms with Crippen LogP contribution in [0.15, 0.2) is 18.7 Å². The first-order chi connectivity index (χ1) is 10.0. The van der Waals surface area contributed by atoms with Crippen molar-refractivity contribution in [2.45, 2.75) is 52.0 Å². The summed E-state index contributed by atoms with van der Waals surface area (Å²) in [6, 6.07) is 0.131. The van der Waals surface area contributed by atoms with Crippen LogP contribution in [0.3, 0.4) is 0 Å². The highest BCUT2D eigenvalue weighted by Gasteiger charge is 2.15. The first kappa shape index (κ1) is 17.2. The van der Waals surface area contributed by atoms with E-state index in [0.29, 0.717) is 19.4 Å². The number of carboxylic acids is 1. The Labute approximate surface area is 125 Å². The molecule has 0 saturated heterocycles. The van der Waals surface area contributed by atoms with Crippen LogP contribution in [-0.2, 0) is 9.59 Å². The third-order valence-electron chi connectivity index (χ3n) is 3.49. The van der Waals surface area contributed by atoms with Crippen LogP contribution in [0.1, 0.15) is 52.0 Å². The molecule has 118 valence electrons. The summed E-state index contributed by atoms with van der Waals surface area (Å²) < 4.78 is 1.97. The van der Waals surface area contributed by atoms with E-state index in [1.807, 2.05) is 17.7 Å². The third-order valence-corrected chi connectivity index (χ3v) is 3.49. The van der Waals surface area contributed by atoms with Gasteiger partial charge in [-0.25, -0.2) is 4.98 Å². The molecule has 6 heteroatoms. The van der Waals surface area contributed by atoms with E-state index in [1.165, 1.54) is 0 Å². The topological polar surface area (TPSA) is 84.2 Å². The van der Waals surface area contributed by atoms with Gasteiger partial charge in [-0.15, -0.1) is 0 Å². The van der Waals surface area contributed by atoms with Gasteiger partial charge >= 0.3 is 5.97 Å². The molecule has 0 bridgehead atoms. The quantitative estimate of drug-likeness (QED) is 0.693. The highest BCUT2D eigenvalue weighted by molar-refractivity contribution is 5.76. The van der Waals surface area contributed by atoms with E-state index >= 15 is 0 Å². The van der Waals surface area contributed by atoms with Crippen LogP contribution < -0.4 is 5.32 Å². The molecule has 0 saturated carbocycles. The Hall–Kier alpha value is -1.85. The molecule has 2 atom stereocenters. The Bertz CT molecular complexity index is 431. The molecule has 0 aromatic carbocycles. The maximum absolute atomic E-state index is 12.0. The molecule has 0 spiro atoms. The number of carbonyl (C=O) groups is 2. The van der Waals surface area contributed by atoms with Gasteiger partial charge in [-0.1, -0.05) is 20.3 Å². The van der Waals surface area contributed by atoms with E-state index in [-0.39, 0.29) is 24.3 Å². The monoisotopic (exact) mass is 295 g/mol. The first-order valence-electron chi connectivity index (χ1n) is 7.48. The SMILES string of the molecule is CCCC(CC(=O)NCC(C)CCC(=O)O)n1ccnc1. The number of rotatable bonds is 10. The molecule has 0 aliphatic heterocycles. The smallest absolute Gasteiger partial charge is 0.303 e. The lowest BCUT2D eigenvalue weighted by atomic mass is 10.0. The average molecular weight is 295 g/mol. The van der Waals surface area contributed by atoms with E-state index < -0.39 is 5.97 Å². The van der Waals surface area contributed by atoms with Gasteiger partial charge in [0.2, 0.25) is 5.91 Å². The van der Waals surface area contributed by atoms with Crippen molar-refractivity contribution in [3.8, 4) is 0 Å². The zero-order valence-corrected chi connectivity index (χ0v) is 12.8. The number of imidazole rings is 1. The van der Waals surface area contributed by atoms with Crippen LogP contribution in [0.4, 0.5) is 0 Å². The summed E-state index contributed by atoms with van der Waals surface area (Å²) in [7, 11) is 0. The van der Waals surface area contributed by atoms with E-state index in [1.54, 1.807) is 12.5 Å². The Morgan fingerprint density at radius 1 is 1.38 bits per heavy atom. The first-order valence-corrected chi connectivity index (χ1v) is 7.48. The molecule has 21 heavy (non-hydrogen) atoms. The fourth-order valence-electron chi connectivity index (χ4n) is 2.22. The van der Waals surface area contributed by atoms with Gasteiger partial charge in [-0.2, -0.15) is 0 Å². The van der Waals surface area contributed by atoms with Gasteiger partial charge < -0.3 is 15.0 Å². The zero-order chi connectivity index (χ0) is 15.7. The number of aliphatic carboxylic acids is 1. The van der Waals surface area contributed by atoms with Gasteiger partial charge in [0, 0.05) is 37.8 Å². The maximum Gasteiger partial charge on any atom is 0.303 e. The average Bonchev–Trinajstić information content (AvgIpc) is 2.96. The second-order valence-corrected chi connectivity index (χ2v) is 5.50. The standard InChI is InChI=1S/C15H25N3O3/c1-3-4-13(18-8-7-16-11-18)9-14(19)17-10-12(2)5-6-15(20)21/h7-8,11-13H,3-6,9-10H2,1-2H3,(H,17,19)(H,20,21). The van der Waals surface area contributed by atoms with Gasteiger partial charge in [0.1, 0.15) is 0 Å². The highest BCUT2D eigenvalue weighted by Crippen LogP contribution is 2.17. The van der Waals surface area contributed by atoms with E-state index in [4.69, 9.17) is 5.11 Å². The van der Waals surface area contributed by atoms with E-state index in [9.17, 15) is 9.59 Å². The minimum Gasteiger partial charge on any atom is -0.481 e. The van der Waals surface area contributed by atoms with Crippen LogP contribution in [0.5, 0.6) is 0 Å². The molecule has 0 aliphatic rings. The molecular weight excluding hydrogens is 270 g/mol. The van der Waals surface area contributed by atoms with Gasteiger partial charge in [0.25, 0.3) is 0 Å². The number of carboxylic acid groups (broad SMARTS) is 1. The Balaban J connectivity index is 2.35. The zero-order valence-electron chi connectivity index (χ0n) is 12.8. The minimum absolute atomic E-state index is 0.00400. The van der Waals surface area contributed by atoms with Crippen molar-refractivity contribution in [2.24, 2.45) is 5.92 Å². The van der Waals surface area contributed by atoms with Crippen LogP contribution >= 0.6 is 0 Å². The summed E-state index contributed by atoms with van der Waals surface area (Å²) in [4.78, 5) is 26.5. The Morgan fingerprint density at radius 3 is 2.71 bits per heavy atom. The molecule has 1 rings (SSSR count). The van der Waals surface area contributed by atoms with Crippen molar-refractivity contribution in [3.05, 3.63) is 18.7 Å². The normalized spacial score (nSPS) is 13.6. The highest BCUT2D eigenvalue weighted by atomic mass is 16.4. The lowest BCUT2D eigenvalue weighted by Gasteiger charge is -2.18. The second-order valence-electron chi connectivity index (χ2n) is 5.50.